The summed E-state index contributed by atoms with van der Waals surface area (Å²) in [6.45, 7) is 0. The summed E-state index contributed by atoms with van der Waals surface area (Å²) in [6, 6.07) is 5.42. The maximum absolute atomic E-state index is 9.22. The number of hydrogen-bond donors (Lipinski definition) is 1. The third-order valence-corrected chi connectivity index (χ3v) is 1.94. The molecule has 0 atom stereocenters. The van der Waals surface area contributed by atoms with Gasteiger partial charge in [-0.1, -0.05) is 30.4 Å². The summed E-state index contributed by atoms with van der Waals surface area (Å²) in [5.41, 5.74) is 2.25. The highest BCUT2D eigenvalue weighted by atomic mass is 35.5. The van der Waals surface area contributed by atoms with Crippen molar-refractivity contribution in [2.45, 2.75) is 6.42 Å². The van der Waals surface area contributed by atoms with Gasteiger partial charge in [-0.15, -0.1) is 12.4 Å². The summed E-state index contributed by atoms with van der Waals surface area (Å²) in [5.74, 6) is 0.328. The molecular weight excluding hydrogens is 184 g/mol. The average molecular weight is 195 g/mol. The number of allylic oxidation sites excluding steroid dienone is 2. The van der Waals surface area contributed by atoms with E-state index < -0.39 is 0 Å². The Labute approximate surface area is 83.8 Å². The number of phenols is 1. The summed E-state index contributed by atoms with van der Waals surface area (Å²) >= 11 is 0. The Hall–Kier alpha value is -1.21. The molecule has 1 aliphatic rings. The van der Waals surface area contributed by atoms with Gasteiger partial charge < -0.3 is 5.11 Å². The molecule has 2 heteroatoms. The van der Waals surface area contributed by atoms with Crippen molar-refractivity contribution in [1.82, 2.24) is 0 Å². The fourth-order valence-corrected chi connectivity index (χ4v) is 1.33. The highest BCUT2D eigenvalue weighted by Crippen LogP contribution is 2.21. The summed E-state index contributed by atoms with van der Waals surface area (Å²) < 4.78 is 0. The van der Waals surface area contributed by atoms with Crippen molar-refractivity contribution in [3.05, 3.63) is 41.5 Å². The van der Waals surface area contributed by atoms with Gasteiger partial charge in [0.15, 0.2) is 0 Å². The topological polar surface area (TPSA) is 20.2 Å². The molecule has 0 aromatic heterocycles. The molecule has 1 aromatic rings. The first-order chi connectivity index (χ1) is 5.86. The zero-order valence-corrected chi connectivity index (χ0v) is 7.92. The third-order valence-electron chi connectivity index (χ3n) is 1.94. The quantitative estimate of drug-likeness (QED) is 0.672. The summed E-state index contributed by atoms with van der Waals surface area (Å²) in [7, 11) is 0. The SMILES string of the molecule is Cl.Oc1ccc2c(c1)C=CCC=C2. The lowest BCUT2D eigenvalue weighted by Gasteiger charge is -1.99. The first-order valence-corrected chi connectivity index (χ1v) is 4.02. The Morgan fingerprint density at radius 1 is 1.00 bits per heavy atom. The van der Waals surface area contributed by atoms with Gasteiger partial charge in [-0.05, 0) is 29.7 Å². The fraction of sp³-hybridized carbons (Fsp3) is 0.0909. The molecule has 0 amide bonds. The molecule has 0 aliphatic heterocycles. The van der Waals surface area contributed by atoms with Gasteiger partial charge in [0.05, 0.1) is 0 Å². The second-order valence-electron chi connectivity index (χ2n) is 2.85. The van der Waals surface area contributed by atoms with E-state index in [1.807, 2.05) is 12.1 Å². The van der Waals surface area contributed by atoms with E-state index in [4.69, 9.17) is 0 Å². The summed E-state index contributed by atoms with van der Waals surface area (Å²) in [4.78, 5) is 0. The largest absolute Gasteiger partial charge is 0.508 e. The van der Waals surface area contributed by atoms with Gasteiger partial charge in [-0.3, -0.25) is 0 Å². The standard InChI is InChI=1S/C11H10O.ClH/c12-11-7-6-9-4-2-1-3-5-10(9)8-11;/h2-8,12H,1H2;1H. The van der Waals surface area contributed by atoms with Gasteiger partial charge in [0.2, 0.25) is 0 Å². The fourth-order valence-electron chi connectivity index (χ4n) is 1.33. The number of aromatic hydroxyl groups is 1. The van der Waals surface area contributed by atoms with Crippen LogP contribution in [0.25, 0.3) is 12.2 Å². The molecule has 0 fully saturated rings. The van der Waals surface area contributed by atoms with Crippen LogP contribution in [0.2, 0.25) is 0 Å². The minimum atomic E-state index is 0. The lowest BCUT2D eigenvalue weighted by molar-refractivity contribution is 0.475. The van der Waals surface area contributed by atoms with E-state index in [0.717, 1.165) is 12.0 Å². The van der Waals surface area contributed by atoms with E-state index in [1.54, 1.807) is 12.1 Å². The number of fused-ring (bicyclic) bond motifs is 1. The Morgan fingerprint density at radius 2 is 1.69 bits per heavy atom. The molecule has 0 spiro atoms. The van der Waals surface area contributed by atoms with Crippen LogP contribution in [0.15, 0.2) is 30.4 Å². The van der Waals surface area contributed by atoms with Crippen LogP contribution < -0.4 is 0 Å². The minimum Gasteiger partial charge on any atom is -0.508 e. The van der Waals surface area contributed by atoms with Crippen LogP contribution in [0.1, 0.15) is 17.5 Å². The molecule has 13 heavy (non-hydrogen) atoms. The highest BCUT2D eigenvalue weighted by molar-refractivity contribution is 5.85. The molecule has 1 aliphatic carbocycles. The maximum atomic E-state index is 9.22. The highest BCUT2D eigenvalue weighted by Gasteiger charge is 1.98. The van der Waals surface area contributed by atoms with Crippen molar-refractivity contribution >= 4 is 24.6 Å². The molecule has 68 valence electrons. The molecule has 1 nitrogen and oxygen atoms in total. The molecule has 0 saturated heterocycles. The van der Waals surface area contributed by atoms with Crippen molar-refractivity contribution < 1.29 is 5.11 Å². The molecular formula is C11H11ClO. The van der Waals surface area contributed by atoms with Gasteiger partial charge in [0.25, 0.3) is 0 Å². The Bertz CT molecular complexity index is 353. The summed E-state index contributed by atoms with van der Waals surface area (Å²) in [5, 5.41) is 9.22. The van der Waals surface area contributed by atoms with Crippen LogP contribution in [0.4, 0.5) is 0 Å². The van der Waals surface area contributed by atoms with Crippen LogP contribution in [0.3, 0.4) is 0 Å². The zero-order valence-electron chi connectivity index (χ0n) is 7.10. The van der Waals surface area contributed by atoms with Crippen molar-refractivity contribution in [3.8, 4) is 5.75 Å². The van der Waals surface area contributed by atoms with E-state index in [2.05, 4.69) is 18.2 Å². The average Bonchev–Trinajstić information content (AvgIpc) is 2.28. The van der Waals surface area contributed by atoms with Gasteiger partial charge in [-0.2, -0.15) is 0 Å². The number of halogens is 1. The smallest absolute Gasteiger partial charge is 0.116 e. The molecule has 0 heterocycles. The van der Waals surface area contributed by atoms with Gasteiger partial charge in [0, 0.05) is 0 Å². The lowest BCUT2D eigenvalue weighted by Crippen LogP contribution is -1.78. The Morgan fingerprint density at radius 3 is 2.46 bits per heavy atom. The molecule has 0 radical (unpaired) electrons. The monoisotopic (exact) mass is 194 g/mol. The van der Waals surface area contributed by atoms with E-state index in [1.165, 1.54) is 5.56 Å². The van der Waals surface area contributed by atoms with Gasteiger partial charge >= 0.3 is 0 Å². The lowest BCUT2D eigenvalue weighted by atomic mass is 10.1. The van der Waals surface area contributed by atoms with Crippen LogP contribution in [-0.4, -0.2) is 5.11 Å². The second kappa shape index (κ2) is 4.15. The van der Waals surface area contributed by atoms with Crippen LogP contribution >= 0.6 is 12.4 Å². The second-order valence-corrected chi connectivity index (χ2v) is 2.85. The normalized spacial score (nSPS) is 12.9. The Balaban J connectivity index is 0.000000845. The van der Waals surface area contributed by atoms with Crippen LogP contribution in [0, 0.1) is 0 Å². The predicted molar refractivity (Wildman–Crippen MR) is 58.0 cm³/mol. The van der Waals surface area contributed by atoms with Gasteiger partial charge in [0.1, 0.15) is 5.75 Å². The molecule has 2 rings (SSSR count). The molecule has 1 aromatic carbocycles. The van der Waals surface area contributed by atoms with Crippen molar-refractivity contribution in [2.24, 2.45) is 0 Å². The minimum absolute atomic E-state index is 0. The Kier molecular flexibility index (Phi) is 3.15. The first kappa shape index (κ1) is 9.87. The molecule has 0 unspecified atom stereocenters. The van der Waals surface area contributed by atoms with Crippen LogP contribution in [0.5, 0.6) is 5.75 Å². The van der Waals surface area contributed by atoms with E-state index >= 15 is 0 Å². The molecule has 0 bridgehead atoms. The van der Waals surface area contributed by atoms with Crippen LogP contribution in [-0.2, 0) is 0 Å². The van der Waals surface area contributed by atoms with E-state index in [9.17, 15) is 5.11 Å². The zero-order chi connectivity index (χ0) is 8.39. The van der Waals surface area contributed by atoms with E-state index in [-0.39, 0.29) is 12.4 Å². The third kappa shape index (κ3) is 2.13. The maximum Gasteiger partial charge on any atom is 0.116 e. The van der Waals surface area contributed by atoms with Crippen molar-refractivity contribution in [1.29, 1.82) is 0 Å². The number of benzene rings is 1. The number of phenolic OH excluding ortho intramolecular Hbond substituents is 1. The summed E-state index contributed by atoms with van der Waals surface area (Å²) in [6.07, 6.45) is 9.28. The van der Waals surface area contributed by atoms with Crippen molar-refractivity contribution in [3.63, 3.8) is 0 Å². The molecule has 0 saturated carbocycles. The van der Waals surface area contributed by atoms with Gasteiger partial charge in [-0.25, -0.2) is 0 Å². The van der Waals surface area contributed by atoms with Crippen molar-refractivity contribution in [2.75, 3.05) is 0 Å². The number of hydrogen-bond acceptors (Lipinski definition) is 1. The molecule has 1 N–H and O–H groups in total. The van der Waals surface area contributed by atoms with E-state index in [0.29, 0.717) is 5.75 Å². The predicted octanol–water partition coefficient (Wildman–Crippen LogP) is 3.24. The first-order valence-electron chi connectivity index (χ1n) is 4.02. The number of rotatable bonds is 0.